The first-order valence-corrected chi connectivity index (χ1v) is 10.4. The lowest BCUT2D eigenvalue weighted by Crippen LogP contribution is -2.38. The fourth-order valence-corrected chi connectivity index (χ4v) is 3.91. The van der Waals surface area contributed by atoms with E-state index in [2.05, 4.69) is 15.0 Å². The topological polar surface area (TPSA) is 58.0 Å². The fraction of sp³-hybridized carbons (Fsp3) is 0.333. The summed E-state index contributed by atoms with van der Waals surface area (Å²) >= 11 is 3.59. The number of aromatic nitrogens is 1. The maximum absolute atomic E-state index is 9.61. The molecular formula is C18H21N3O2S2. The number of nitrogens with zero attached hydrogens (tertiary/aromatic N) is 3. The number of ether oxygens (including phenoxy) is 1. The third-order valence-electron chi connectivity index (χ3n) is 3.92. The van der Waals surface area contributed by atoms with Crippen molar-refractivity contribution in [3.63, 3.8) is 0 Å². The van der Waals surface area contributed by atoms with Crippen molar-refractivity contribution in [2.45, 2.75) is 11.8 Å². The molecule has 0 saturated carbocycles. The number of pyridine rings is 1. The van der Waals surface area contributed by atoms with Crippen LogP contribution < -0.4 is 4.74 Å². The standard InChI is InChI=1S/C18H21N3O2S2/c1-13-3-8-16(17(20-22)21-9-11-25-12-10-21)18(19-13)23-14-4-6-15(24-2)7-5-14/h3-8,22H,9-12H2,1-2H3/b20-17-. The average molecular weight is 376 g/mol. The summed E-state index contributed by atoms with van der Waals surface area (Å²) in [5, 5.41) is 13.2. The van der Waals surface area contributed by atoms with Gasteiger partial charge >= 0.3 is 0 Å². The molecule has 1 aromatic heterocycles. The van der Waals surface area contributed by atoms with Crippen molar-refractivity contribution in [1.82, 2.24) is 9.88 Å². The Kier molecular flexibility index (Phi) is 6.09. The Hall–Kier alpha value is -1.86. The minimum Gasteiger partial charge on any atom is -0.438 e. The molecule has 1 aliphatic rings. The zero-order valence-electron chi connectivity index (χ0n) is 14.3. The van der Waals surface area contributed by atoms with Gasteiger partial charge in [-0.1, -0.05) is 5.16 Å². The van der Waals surface area contributed by atoms with Gasteiger partial charge in [0.2, 0.25) is 5.88 Å². The van der Waals surface area contributed by atoms with Crippen LogP contribution in [0.5, 0.6) is 11.6 Å². The van der Waals surface area contributed by atoms with Crippen LogP contribution in [0.4, 0.5) is 0 Å². The maximum Gasteiger partial charge on any atom is 0.230 e. The summed E-state index contributed by atoms with van der Waals surface area (Å²) in [4.78, 5) is 7.77. The Morgan fingerprint density at radius 2 is 1.92 bits per heavy atom. The Bertz CT molecular complexity index is 744. The highest BCUT2D eigenvalue weighted by Gasteiger charge is 2.22. The van der Waals surface area contributed by atoms with Crippen LogP contribution in [0.2, 0.25) is 0 Å². The molecular weight excluding hydrogens is 354 g/mol. The number of thioether (sulfide) groups is 2. The SMILES string of the molecule is CSc1ccc(Oc2nc(C)ccc2/C(=N/O)N2CCSCC2)cc1. The third-order valence-corrected chi connectivity index (χ3v) is 5.61. The molecule has 1 aliphatic heterocycles. The second-order valence-corrected chi connectivity index (χ2v) is 7.71. The van der Waals surface area contributed by atoms with Crippen LogP contribution in [0.15, 0.2) is 46.4 Å². The normalized spacial score (nSPS) is 15.3. The molecule has 0 unspecified atom stereocenters. The smallest absolute Gasteiger partial charge is 0.230 e. The van der Waals surface area contributed by atoms with Crippen molar-refractivity contribution < 1.29 is 9.94 Å². The van der Waals surface area contributed by atoms with Crippen LogP contribution in [0.25, 0.3) is 0 Å². The average Bonchev–Trinajstić information content (AvgIpc) is 2.65. The number of hydrogen-bond donors (Lipinski definition) is 1. The molecule has 3 rings (SSSR count). The van der Waals surface area contributed by atoms with Gasteiger partial charge < -0.3 is 14.8 Å². The predicted molar refractivity (Wildman–Crippen MR) is 104 cm³/mol. The molecule has 132 valence electrons. The van der Waals surface area contributed by atoms with Gasteiger partial charge in [0, 0.05) is 35.2 Å². The highest BCUT2D eigenvalue weighted by Crippen LogP contribution is 2.27. The number of oxime groups is 1. The van der Waals surface area contributed by atoms with Gasteiger partial charge in [-0.2, -0.15) is 11.8 Å². The summed E-state index contributed by atoms with van der Waals surface area (Å²) in [5.41, 5.74) is 1.56. The Morgan fingerprint density at radius 3 is 2.56 bits per heavy atom. The van der Waals surface area contributed by atoms with E-state index in [1.807, 2.05) is 61.3 Å². The van der Waals surface area contributed by atoms with Crippen LogP contribution in [-0.4, -0.2) is 51.8 Å². The summed E-state index contributed by atoms with van der Waals surface area (Å²) in [6, 6.07) is 11.7. The van der Waals surface area contributed by atoms with E-state index < -0.39 is 0 Å². The van der Waals surface area contributed by atoms with E-state index >= 15 is 0 Å². The summed E-state index contributed by atoms with van der Waals surface area (Å²) in [6.07, 6.45) is 2.04. The first-order valence-electron chi connectivity index (χ1n) is 8.06. The molecule has 1 saturated heterocycles. The van der Waals surface area contributed by atoms with Crippen molar-refractivity contribution in [2.24, 2.45) is 5.16 Å². The van der Waals surface area contributed by atoms with E-state index in [9.17, 15) is 5.21 Å². The molecule has 0 bridgehead atoms. The molecule has 0 aliphatic carbocycles. The lowest BCUT2D eigenvalue weighted by atomic mass is 10.2. The van der Waals surface area contributed by atoms with E-state index in [0.29, 0.717) is 23.0 Å². The molecule has 2 aromatic rings. The van der Waals surface area contributed by atoms with E-state index in [0.717, 1.165) is 30.3 Å². The van der Waals surface area contributed by atoms with Crippen LogP contribution in [-0.2, 0) is 0 Å². The lowest BCUT2D eigenvalue weighted by molar-refractivity contribution is 0.303. The van der Waals surface area contributed by atoms with Gasteiger partial charge in [0.25, 0.3) is 0 Å². The van der Waals surface area contributed by atoms with E-state index in [1.165, 1.54) is 4.90 Å². The van der Waals surface area contributed by atoms with Gasteiger partial charge in [-0.15, -0.1) is 11.8 Å². The third kappa shape index (κ3) is 4.41. The number of amidine groups is 1. The number of hydrogen-bond acceptors (Lipinski definition) is 6. The van der Waals surface area contributed by atoms with Gasteiger partial charge in [-0.25, -0.2) is 4.98 Å². The Morgan fingerprint density at radius 1 is 1.20 bits per heavy atom. The van der Waals surface area contributed by atoms with E-state index in [1.54, 1.807) is 11.8 Å². The lowest BCUT2D eigenvalue weighted by Gasteiger charge is -2.29. The quantitative estimate of drug-likeness (QED) is 0.286. The molecule has 7 heteroatoms. The summed E-state index contributed by atoms with van der Waals surface area (Å²) in [6.45, 7) is 3.61. The monoisotopic (exact) mass is 375 g/mol. The Balaban J connectivity index is 1.91. The second-order valence-electron chi connectivity index (χ2n) is 5.61. The van der Waals surface area contributed by atoms with Crippen LogP contribution in [0, 0.1) is 6.92 Å². The van der Waals surface area contributed by atoms with Crippen molar-refractivity contribution >= 4 is 29.4 Å². The molecule has 25 heavy (non-hydrogen) atoms. The van der Waals surface area contributed by atoms with Gasteiger partial charge in [0.1, 0.15) is 5.75 Å². The number of aryl methyl sites for hydroxylation is 1. The number of rotatable bonds is 4. The second kappa shape index (κ2) is 8.49. The van der Waals surface area contributed by atoms with Crippen LogP contribution in [0.1, 0.15) is 11.3 Å². The van der Waals surface area contributed by atoms with E-state index in [4.69, 9.17) is 4.74 Å². The van der Waals surface area contributed by atoms with Gasteiger partial charge in [-0.05, 0) is 49.6 Å². The van der Waals surface area contributed by atoms with E-state index in [-0.39, 0.29) is 0 Å². The first kappa shape index (κ1) is 17.9. The molecule has 0 amide bonds. The van der Waals surface area contributed by atoms with Gasteiger partial charge in [0.15, 0.2) is 5.84 Å². The Labute approximate surface area is 156 Å². The fourth-order valence-electron chi connectivity index (χ4n) is 2.60. The zero-order valence-corrected chi connectivity index (χ0v) is 15.9. The van der Waals surface area contributed by atoms with Gasteiger partial charge in [-0.3, -0.25) is 0 Å². The minimum absolute atomic E-state index is 0.461. The predicted octanol–water partition coefficient (Wildman–Crippen LogP) is 4.09. The van der Waals surface area contributed by atoms with Crippen molar-refractivity contribution in [3.8, 4) is 11.6 Å². The zero-order chi connectivity index (χ0) is 17.6. The molecule has 5 nitrogen and oxygen atoms in total. The highest BCUT2D eigenvalue weighted by molar-refractivity contribution is 7.99. The summed E-state index contributed by atoms with van der Waals surface area (Å²) in [7, 11) is 0. The molecule has 1 fully saturated rings. The maximum atomic E-state index is 9.61. The molecule has 0 radical (unpaired) electrons. The minimum atomic E-state index is 0.461. The molecule has 2 heterocycles. The van der Waals surface area contributed by atoms with Crippen molar-refractivity contribution in [3.05, 3.63) is 47.7 Å². The molecule has 0 spiro atoms. The van der Waals surface area contributed by atoms with Crippen LogP contribution >= 0.6 is 23.5 Å². The molecule has 1 aromatic carbocycles. The van der Waals surface area contributed by atoms with Crippen molar-refractivity contribution in [1.29, 1.82) is 0 Å². The largest absolute Gasteiger partial charge is 0.438 e. The highest BCUT2D eigenvalue weighted by atomic mass is 32.2. The summed E-state index contributed by atoms with van der Waals surface area (Å²) in [5.74, 6) is 3.73. The van der Waals surface area contributed by atoms with Gasteiger partial charge in [0.05, 0.1) is 5.56 Å². The van der Waals surface area contributed by atoms with Crippen LogP contribution in [0.3, 0.4) is 0 Å². The summed E-state index contributed by atoms with van der Waals surface area (Å²) < 4.78 is 6.02. The molecule has 1 N–H and O–H groups in total. The molecule has 0 atom stereocenters. The number of benzene rings is 1. The first-order chi connectivity index (χ1) is 12.2. The van der Waals surface area contributed by atoms with Crippen molar-refractivity contribution in [2.75, 3.05) is 30.9 Å².